The van der Waals surface area contributed by atoms with E-state index in [0.717, 1.165) is 36.2 Å². The first-order valence-corrected chi connectivity index (χ1v) is 7.98. The largest absolute Gasteiger partial charge is 0.300 e. The number of allylic oxidation sites excluding steroid dienone is 1. The molecule has 0 spiro atoms. The van der Waals surface area contributed by atoms with Crippen molar-refractivity contribution in [3.05, 3.63) is 34.1 Å². The van der Waals surface area contributed by atoms with Gasteiger partial charge in [0.25, 0.3) is 0 Å². The number of nitrogens with zero attached hydrogens (tertiary/aromatic N) is 5. The van der Waals surface area contributed by atoms with Gasteiger partial charge < -0.3 is 5.32 Å². The van der Waals surface area contributed by atoms with Crippen molar-refractivity contribution in [2.45, 2.75) is 13.5 Å². The van der Waals surface area contributed by atoms with Crippen molar-refractivity contribution in [1.82, 2.24) is 19.9 Å². The van der Waals surface area contributed by atoms with Crippen molar-refractivity contribution in [1.29, 1.82) is 0 Å². The normalized spacial score (nSPS) is 17.4. The fourth-order valence-corrected chi connectivity index (χ4v) is 3.79. The van der Waals surface area contributed by atoms with E-state index in [2.05, 4.69) is 32.2 Å². The Morgan fingerprint density at radius 2 is 2.18 bits per heavy atom. The number of anilines is 2. The summed E-state index contributed by atoms with van der Waals surface area (Å²) in [7, 11) is 2.13. The fourth-order valence-electron chi connectivity index (χ4n) is 2.74. The molecule has 0 bridgehead atoms. The molecule has 2 aromatic heterocycles. The zero-order valence-electron chi connectivity index (χ0n) is 12.5. The van der Waals surface area contributed by atoms with E-state index in [0.29, 0.717) is 5.95 Å². The van der Waals surface area contributed by atoms with Crippen LogP contribution in [0.1, 0.15) is 16.3 Å². The summed E-state index contributed by atoms with van der Waals surface area (Å²) in [5.41, 5.74) is 4.53. The van der Waals surface area contributed by atoms with E-state index >= 15 is 0 Å². The highest BCUT2D eigenvalue weighted by Gasteiger charge is 2.25. The molecule has 0 aromatic carbocycles. The average molecular weight is 312 g/mol. The van der Waals surface area contributed by atoms with Gasteiger partial charge in [-0.2, -0.15) is 0 Å². The Labute approximate surface area is 132 Å². The van der Waals surface area contributed by atoms with E-state index < -0.39 is 0 Å². The summed E-state index contributed by atoms with van der Waals surface area (Å²) in [6.07, 6.45) is 3.71. The van der Waals surface area contributed by atoms with Crippen LogP contribution < -0.4 is 5.32 Å². The molecule has 7 heteroatoms. The molecule has 0 amide bonds. The zero-order valence-corrected chi connectivity index (χ0v) is 13.3. The second-order valence-corrected chi connectivity index (χ2v) is 6.68. The highest BCUT2D eigenvalue weighted by atomic mass is 32.1. The summed E-state index contributed by atoms with van der Waals surface area (Å²) in [6.45, 7) is 4.61. The van der Waals surface area contributed by atoms with Crippen LogP contribution in [0.5, 0.6) is 0 Å². The van der Waals surface area contributed by atoms with Crippen LogP contribution in [-0.2, 0) is 6.54 Å². The lowest BCUT2D eigenvalue weighted by molar-refractivity contribution is 0.360. The summed E-state index contributed by atoms with van der Waals surface area (Å²) in [5, 5.41) is 4.05. The van der Waals surface area contributed by atoms with Gasteiger partial charge in [0.1, 0.15) is 0 Å². The molecular formula is C15H16N6S. The maximum absolute atomic E-state index is 4.76. The SMILES string of the molecule is Cc1ccnc(Nc2nc3c(s2)CN(C)CC2=C3C=NC2)n1. The lowest BCUT2D eigenvalue weighted by Gasteiger charge is -2.13. The zero-order chi connectivity index (χ0) is 15.1. The summed E-state index contributed by atoms with van der Waals surface area (Å²) in [5.74, 6) is 0.589. The Balaban J connectivity index is 1.70. The van der Waals surface area contributed by atoms with Crippen LogP contribution in [0.15, 0.2) is 22.8 Å². The lowest BCUT2D eigenvalue weighted by Crippen LogP contribution is -2.19. The van der Waals surface area contributed by atoms with Gasteiger partial charge in [0.15, 0.2) is 5.13 Å². The second-order valence-electron chi connectivity index (χ2n) is 5.60. The minimum absolute atomic E-state index is 0.589. The summed E-state index contributed by atoms with van der Waals surface area (Å²) in [4.78, 5) is 21.3. The Morgan fingerprint density at radius 1 is 1.27 bits per heavy atom. The number of hydrogen-bond donors (Lipinski definition) is 1. The van der Waals surface area contributed by atoms with Gasteiger partial charge in [-0.25, -0.2) is 15.0 Å². The standard InChI is InChI=1S/C15H16N6S/c1-9-3-4-17-14(18-9)20-15-19-13-11-6-16-5-10(11)7-21(2)8-12(13)22-15/h3-4,6H,5,7-8H2,1-2H3,(H,17,18,19,20). The van der Waals surface area contributed by atoms with Crippen LogP contribution in [0.3, 0.4) is 0 Å². The van der Waals surface area contributed by atoms with E-state index in [1.54, 1.807) is 17.5 Å². The van der Waals surface area contributed by atoms with Crippen molar-refractivity contribution >= 4 is 34.2 Å². The number of fused-ring (bicyclic) bond motifs is 2. The molecular weight excluding hydrogens is 296 g/mol. The van der Waals surface area contributed by atoms with Gasteiger partial charge in [0.2, 0.25) is 5.95 Å². The van der Waals surface area contributed by atoms with Gasteiger partial charge in [0, 0.05) is 41.6 Å². The van der Waals surface area contributed by atoms with Crippen LogP contribution in [0.2, 0.25) is 0 Å². The first-order chi connectivity index (χ1) is 10.7. The number of hydrogen-bond acceptors (Lipinski definition) is 7. The predicted octanol–water partition coefficient (Wildman–Crippen LogP) is 2.27. The van der Waals surface area contributed by atoms with Crippen LogP contribution >= 0.6 is 11.3 Å². The molecule has 0 atom stereocenters. The van der Waals surface area contributed by atoms with Crippen LogP contribution in [-0.4, -0.2) is 46.2 Å². The van der Waals surface area contributed by atoms with E-state index in [9.17, 15) is 0 Å². The first kappa shape index (κ1) is 13.5. The van der Waals surface area contributed by atoms with Gasteiger partial charge in [0.05, 0.1) is 12.2 Å². The number of likely N-dealkylation sites (N-methyl/N-ethyl adjacent to an activating group) is 1. The van der Waals surface area contributed by atoms with Gasteiger partial charge in [-0.3, -0.25) is 9.89 Å². The third kappa shape index (κ3) is 2.42. The van der Waals surface area contributed by atoms with Gasteiger partial charge in [-0.1, -0.05) is 11.3 Å². The smallest absolute Gasteiger partial charge is 0.229 e. The molecule has 0 saturated carbocycles. The third-order valence-corrected chi connectivity index (χ3v) is 4.68. The lowest BCUT2D eigenvalue weighted by atomic mass is 10.1. The number of thiazole rings is 1. The maximum Gasteiger partial charge on any atom is 0.229 e. The second kappa shape index (κ2) is 5.26. The van der Waals surface area contributed by atoms with Crippen LogP contribution in [0, 0.1) is 6.92 Å². The molecule has 2 aliphatic heterocycles. The Hall–Kier alpha value is -2.12. The highest BCUT2D eigenvalue weighted by molar-refractivity contribution is 7.15. The van der Waals surface area contributed by atoms with E-state index in [1.807, 2.05) is 19.2 Å². The summed E-state index contributed by atoms with van der Waals surface area (Å²) in [6, 6.07) is 1.88. The molecule has 0 unspecified atom stereocenters. The Kier molecular flexibility index (Phi) is 3.24. The van der Waals surface area contributed by atoms with Crippen molar-refractivity contribution < 1.29 is 0 Å². The van der Waals surface area contributed by atoms with Crippen LogP contribution in [0.25, 0.3) is 5.57 Å². The molecule has 112 valence electrons. The Morgan fingerprint density at radius 3 is 3.05 bits per heavy atom. The van der Waals surface area contributed by atoms with E-state index in [1.165, 1.54) is 16.0 Å². The molecule has 0 saturated heterocycles. The topological polar surface area (TPSA) is 66.3 Å². The molecule has 2 aromatic rings. The van der Waals surface area contributed by atoms with Gasteiger partial charge >= 0.3 is 0 Å². The fraction of sp³-hybridized carbons (Fsp3) is 0.333. The van der Waals surface area contributed by atoms with E-state index in [-0.39, 0.29) is 0 Å². The average Bonchev–Trinajstić information content (AvgIpc) is 3.03. The summed E-state index contributed by atoms with van der Waals surface area (Å²) < 4.78 is 0. The van der Waals surface area contributed by atoms with Gasteiger partial charge in [-0.15, -0.1) is 0 Å². The number of aryl methyl sites for hydroxylation is 1. The van der Waals surface area contributed by atoms with Crippen LogP contribution in [0.4, 0.5) is 11.1 Å². The monoisotopic (exact) mass is 312 g/mol. The van der Waals surface area contributed by atoms with E-state index in [4.69, 9.17) is 4.98 Å². The molecule has 0 aliphatic carbocycles. The molecule has 2 aliphatic rings. The summed E-state index contributed by atoms with van der Waals surface area (Å²) >= 11 is 1.66. The predicted molar refractivity (Wildman–Crippen MR) is 88.8 cm³/mol. The molecule has 22 heavy (non-hydrogen) atoms. The first-order valence-electron chi connectivity index (χ1n) is 7.16. The van der Waals surface area contributed by atoms with Crippen molar-refractivity contribution in [3.8, 4) is 0 Å². The molecule has 6 nitrogen and oxygen atoms in total. The molecule has 1 N–H and O–H groups in total. The minimum atomic E-state index is 0.589. The van der Waals surface area contributed by atoms with Crippen molar-refractivity contribution in [2.24, 2.45) is 4.99 Å². The number of nitrogens with one attached hydrogen (secondary N) is 1. The number of rotatable bonds is 2. The number of aliphatic imine (C=N–C) groups is 1. The van der Waals surface area contributed by atoms with Crippen molar-refractivity contribution in [3.63, 3.8) is 0 Å². The minimum Gasteiger partial charge on any atom is -0.300 e. The molecule has 0 radical (unpaired) electrons. The quantitative estimate of drug-likeness (QED) is 0.921. The third-order valence-electron chi connectivity index (χ3n) is 3.72. The maximum atomic E-state index is 4.76. The van der Waals surface area contributed by atoms with Gasteiger partial charge in [-0.05, 0) is 25.6 Å². The molecule has 4 rings (SSSR count). The number of aromatic nitrogens is 3. The molecule has 4 heterocycles. The molecule has 0 fully saturated rings. The highest BCUT2D eigenvalue weighted by Crippen LogP contribution is 2.35. The van der Waals surface area contributed by atoms with Crippen molar-refractivity contribution in [2.75, 3.05) is 25.5 Å². The Bertz CT molecular complexity index is 791.